The minimum absolute atomic E-state index is 0.00321. The molecule has 0 bridgehead atoms. The van der Waals surface area contributed by atoms with Gasteiger partial charge in [-0.25, -0.2) is 4.98 Å². The van der Waals surface area contributed by atoms with Crippen molar-refractivity contribution in [3.05, 3.63) is 23.5 Å². The summed E-state index contributed by atoms with van der Waals surface area (Å²) < 4.78 is 0. The molecule has 1 atom stereocenters. The van der Waals surface area contributed by atoms with Crippen LogP contribution in [0.4, 0.5) is 5.69 Å². The zero-order chi connectivity index (χ0) is 8.97. The van der Waals surface area contributed by atoms with E-state index in [0.29, 0.717) is 5.15 Å². The molecule has 1 N–H and O–H groups in total. The summed E-state index contributed by atoms with van der Waals surface area (Å²) in [5.74, 6) is 2.56. The molecule has 12 heavy (non-hydrogen) atoms. The quantitative estimate of drug-likeness (QED) is 0.558. The van der Waals surface area contributed by atoms with Gasteiger partial charge in [0.05, 0.1) is 6.04 Å². The fourth-order valence-electron chi connectivity index (χ4n) is 0.784. The van der Waals surface area contributed by atoms with Gasteiger partial charge in [0, 0.05) is 11.9 Å². The van der Waals surface area contributed by atoms with Gasteiger partial charge in [0.15, 0.2) is 0 Å². The summed E-state index contributed by atoms with van der Waals surface area (Å²) in [5.41, 5.74) is 0.889. The Morgan fingerprint density at radius 3 is 3.08 bits per heavy atom. The van der Waals surface area contributed by atoms with Crippen molar-refractivity contribution in [2.24, 2.45) is 0 Å². The van der Waals surface area contributed by atoms with Crippen molar-refractivity contribution in [1.29, 1.82) is 0 Å². The summed E-state index contributed by atoms with van der Waals surface area (Å²) >= 11 is 5.67. The van der Waals surface area contributed by atoms with Crippen molar-refractivity contribution in [1.82, 2.24) is 4.98 Å². The van der Waals surface area contributed by atoms with Crippen molar-refractivity contribution < 1.29 is 0 Å². The number of terminal acetylenes is 1. The van der Waals surface area contributed by atoms with Gasteiger partial charge in [0.25, 0.3) is 0 Å². The highest BCUT2D eigenvalue weighted by Crippen LogP contribution is 2.12. The Morgan fingerprint density at radius 1 is 1.75 bits per heavy atom. The molecule has 0 spiro atoms. The van der Waals surface area contributed by atoms with Crippen LogP contribution in [0.2, 0.25) is 5.15 Å². The lowest BCUT2D eigenvalue weighted by molar-refractivity contribution is 1.03. The van der Waals surface area contributed by atoms with Gasteiger partial charge in [-0.05, 0) is 19.1 Å². The van der Waals surface area contributed by atoms with Gasteiger partial charge < -0.3 is 5.32 Å². The number of pyridine rings is 1. The lowest BCUT2D eigenvalue weighted by Gasteiger charge is -2.08. The predicted molar refractivity (Wildman–Crippen MR) is 51.2 cm³/mol. The van der Waals surface area contributed by atoms with Crippen LogP contribution < -0.4 is 5.32 Å². The van der Waals surface area contributed by atoms with Crippen molar-refractivity contribution in [2.45, 2.75) is 13.0 Å². The molecule has 1 heterocycles. The van der Waals surface area contributed by atoms with Crippen LogP contribution in [0.5, 0.6) is 0 Å². The normalized spacial score (nSPS) is 11.8. The molecule has 0 amide bonds. The Hall–Kier alpha value is -1.20. The van der Waals surface area contributed by atoms with Crippen LogP contribution in [0.1, 0.15) is 6.92 Å². The van der Waals surface area contributed by atoms with E-state index in [1.54, 1.807) is 12.3 Å². The summed E-state index contributed by atoms with van der Waals surface area (Å²) in [6.45, 7) is 1.90. The van der Waals surface area contributed by atoms with Crippen LogP contribution in [0.25, 0.3) is 0 Å². The van der Waals surface area contributed by atoms with Gasteiger partial charge in [0.1, 0.15) is 5.15 Å². The zero-order valence-electron chi connectivity index (χ0n) is 6.71. The van der Waals surface area contributed by atoms with Crippen LogP contribution in [0.3, 0.4) is 0 Å². The first-order valence-electron chi connectivity index (χ1n) is 3.56. The van der Waals surface area contributed by atoms with Crippen LogP contribution in [0, 0.1) is 12.3 Å². The van der Waals surface area contributed by atoms with E-state index in [-0.39, 0.29) is 6.04 Å². The van der Waals surface area contributed by atoms with E-state index in [2.05, 4.69) is 16.2 Å². The van der Waals surface area contributed by atoms with E-state index in [4.69, 9.17) is 18.0 Å². The highest BCUT2D eigenvalue weighted by Gasteiger charge is 1.97. The Balaban J connectivity index is 2.71. The number of hydrogen-bond acceptors (Lipinski definition) is 2. The number of hydrogen-bond donors (Lipinski definition) is 1. The third-order valence-corrected chi connectivity index (χ3v) is 1.57. The Bertz CT molecular complexity index is 304. The van der Waals surface area contributed by atoms with Gasteiger partial charge in [-0.3, -0.25) is 0 Å². The average molecular weight is 181 g/mol. The van der Waals surface area contributed by atoms with Gasteiger partial charge in [-0.2, -0.15) is 0 Å². The SMILES string of the molecule is C#CC(C)Nc1ccnc(Cl)c1. The van der Waals surface area contributed by atoms with Gasteiger partial charge >= 0.3 is 0 Å². The minimum atomic E-state index is 0.00321. The molecule has 0 aromatic carbocycles. The third-order valence-electron chi connectivity index (χ3n) is 1.36. The van der Waals surface area contributed by atoms with Crippen LogP contribution in [-0.2, 0) is 0 Å². The van der Waals surface area contributed by atoms with E-state index in [0.717, 1.165) is 5.69 Å². The average Bonchev–Trinajstić information content (AvgIpc) is 2.04. The monoisotopic (exact) mass is 180 g/mol. The molecule has 1 aromatic rings. The molecule has 0 aliphatic rings. The number of aromatic nitrogens is 1. The Labute approximate surface area is 77.0 Å². The van der Waals surface area contributed by atoms with E-state index < -0.39 is 0 Å². The third kappa shape index (κ3) is 2.44. The summed E-state index contributed by atoms with van der Waals surface area (Å²) in [4.78, 5) is 3.85. The van der Waals surface area contributed by atoms with E-state index in [1.165, 1.54) is 0 Å². The van der Waals surface area contributed by atoms with Crippen LogP contribution in [-0.4, -0.2) is 11.0 Å². The fraction of sp³-hybridized carbons (Fsp3) is 0.222. The number of anilines is 1. The van der Waals surface area contributed by atoms with Gasteiger partial charge in [-0.15, -0.1) is 6.42 Å². The van der Waals surface area contributed by atoms with Crippen molar-refractivity contribution in [3.63, 3.8) is 0 Å². The first-order chi connectivity index (χ1) is 5.72. The highest BCUT2D eigenvalue weighted by molar-refractivity contribution is 6.29. The van der Waals surface area contributed by atoms with Crippen LogP contribution >= 0.6 is 11.6 Å². The molecular weight excluding hydrogens is 172 g/mol. The molecule has 0 aliphatic carbocycles. The zero-order valence-corrected chi connectivity index (χ0v) is 7.47. The number of rotatable bonds is 2. The van der Waals surface area contributed by atoms with E-state index in [1.807, 2.05) is 13.0 Å². The smallest absolute Gasteiger partial charge is 0.131 e. The second-order valence-electron chi connectivity index (χ2n) is 2.40. The summed E-state index contributed by atoms with van der Waals surface area (Å²) in [7, 11) is 0. The number of halogens is 1. The Kier molecular flexibility index (Phi) is 2.95. The maximum Gasteiger partial charge on any atom is 0.131 e. The summed E-state index contributed by atoms with van der Waals surface area (Å²) in [6, 6.07) is 3.55. The van der Waals surface area contributed by atoms with Crippen molar-refractivity contribution >= 4 is 17.3 Å². The second-order valence-corrected chi connectivity index (χ2v) is 2.79. The minimum Gasteiger partial charge on any atom is -0.372 e. The predicted octanol–water partition coefficient (Wildman–Crippen LogP) is 2.17. The molecule has 2 nitrogen and oxygen atoms in total. The highest BCUT2D eigenvalue weighted by atomic mass is 35.5. The maximum atomic E-state index is 5.67. The Morgan fingerprint density at radius 2 is 2.50 bits per heavy atom. The second kappa shape index (κ2) is 3.99. The lowest BCUT2D eigenvalue weighted by atomic mass is 10.3. The van der Waals surface area contributed by atoms with E-state index >= 15 is 0 Å². The molecule has 3 heteroatoms. The van der Waals surface area contributed by atoms with Gasteiger partial charge in [0.2, 0.25) is 0 Å². The van der Waals surface area contributed by atoms with Crippen molar-refractivity contribution in [3.8, 4) is 12.3 Å². The van der Waals surface area contributed by atoms with Crippen LogP contribution in [0.15, 0.2) is 18.3 Å². The topological polar surface area (TPSA) is 24.9 Å². The number of nitrogens with zero attached hydrogens (tertiary/aromatic N) is 1. The molecule has 1 unspecified atom stereocenters. The molecule has 0 aliphatic heterocycles. The largest absolute Gasteiger partial charge is 0.372 e. The van der Waals surface area contributed by atoms with Gasteiger partial charge in [-0.1, -0.05) is 17.5 Å². The first-order valence-corrected chi connectivity index (χ1v) is 3.94. The molecular formula is C9H9ClN2. The lowest BCUT2D eigenvalue weighted by Crippen LogP contribution is -2.11. The molecule has 0 saturated carbocycles. The maximum absolute atomic E-state index is 5.67. The standard InChI is InChI=1S/C9H9ClN2/c1-3-7(2)12-8-4-5-11-9(10)6-8/h1,4-7H,2H3,(H,11,12). The molecule has 0 radical (unpaired) electrons. The summed E-state index contributed by atoms with van der Waals surface area (Å²) in [5, 5.41) is 3.53. The molecule has 0 fully saturated rings. The van der Waals surface area contributed by atoms with E-state index in [9.17, 15) is 0 Å². The first kappa shape index (κ1) is 8.89. The number of nitrogens with one attached hydrogen (secondary N) is 1. The summed E-state index contributed by atoms with van der Waals surface area (Å²) in [6.07, 6.45) is 6.83. The molecule has 0 saturated heterocycles. The molecule has 62 valence electrons. The molecule has 1 rings (SSSR count). The fourth-order valence-corrected chi connectivity index (χ4v) is 0.958. The van der Waals surface area contributed by atoms with Crippen molar-refractivity contribution in [2.75, 3.05) is 5.32 Å². The molecule has 1 aromatic heterocycles.